The molecule has 3 N–H and O–H groups in total. The lowest BCUT2D eigenvalue weighted by Gasteiger charge is -2.27. The van der Waals surface area contributed by atoms with Crippen LogP contribution in [0.15, 0.2) is 30.3 Å². The number of aliphatic carboxylic acids is 1. The first kappa shape index (κ1) is 23.2. The number of alkyl halides is 3. The lowest BCUT2D eigenvalue weighted by atomic mass is 10.0. The second-order valence-electron chi connectivity index (χ2n) is 6.97. The number of nitrogens with zero attached hydrogens (tertiary/aromatic N) is 1. The van der Waals surface area contributed by atoms with Crippen LogP contribution in [0, 0.1) is 0 Å². The van der Waals surface area contributed by atoms with E-state index in [0.717, 1.165) is 4.90 Å². The smallest absolute Gasteiger partial charge is 0.471 e. The second kappa shape index (κ2) is 9.59. The maximum absolute atomic E-state index is 12.7. The van der Waals surface area contributed by atoms with Crippen LogP contribution in [0.3, 0.4) is 0 Å². The van der Waals surface area contributed by atoms with E-state index >= 15 is 0 Å². The monoisotopic (exact) mass is 429 g/mol. The zero-order chi connectivity index (χ0) is 22.5. The number of rotatable bonds is 7. The molecular formula is C19H22F3N3O5. The first-order valence-corrected chi connectivity index (χ1v) is 9.26. The van der Waals surface area contributed by atoms with Crippen LogP contribution in [0.25, 0.3) is 0 Å². The van der Waals surface area contributed by atoms with Crippen molar-refractivity contribution >= 4 is 23.7 Å². The Morgan fingerprint density at radius 3 is 2.37 bits per heavy atom. The van der Waals surface area contributed by atoms with Gasteiger partial charge in [-0.05, 0) is 25.3 Å². The average Bonchev–Trinajstić information content (AvgIpc) is 3.16. The number of carbonyl (C=O) groups excluding carboxylic acids is 3. The molecule has 1 heterocycles. The van der Waals surface area contributed by atoms with Gasteiger partial charge in [0, 0.05) is 13.0 Å². The van der Waals surface area contributed by atoms with Crippen molar-refractivity contribution in [3.63, 3.8) is 0 Å². The minimum absolute atomic E-state index is 0.203. The van der Waals surface area contributed by atoms with Gasteiger partial charge in [-0.2, -0.15) is 13.2 Å². The third-order valence-electron chi connectivity index (χ3n) is 4.71. The molecule has 1 aliphatic heterocycles. The van der Waals surface area contributed by atoms with Crippen molar-refractivity contribution in [2.45, 2.75) is 50.5 Å². The van der Waals surface area contributed by atoms with E-state index < -0.39 is 48.0 Å². The van der Waals surface area contributed by atoms with Crippen LogP contribution in [-0.4, -0.2) is 64.5 Å². The molecule has 8 nitrogen and oxygen atoms in total. The van der Waals surface area contributed by atoms with Crippen LogP contribution in [-0.2, 0) is 25.6 Å². The summed E-state index contributed by atoms with van der Waals surface area (Å²) in [7, 11) is 0. The Kier molecular flexibility index (Phi) is 7.41. The predicted molar refractivity (Wildman–Crippen MR) is 98.1 cm³/mol. The third kappa shape index (κ3) is 5.94. The average molecular weight is 429 g/mol. The molecule has 1 saturated heterocycles. The lowest BCUT2D eigenvalue weighted by molar-refractivity contribution is -0.174. The van der Waals surface area contributed by atoms with Crippen molar-refractivity contribution in [3.05, 3.63) is 35.9 Å². The number of carboxylic acids is 1. The number of hydrogen-bond donors (Lipinski definition) is 3. The van der Waals surface area contributed by atoms with Gasteiger partial charge in [0.05, 0.1) is 0 Å². The number of halogens is 3. The summed E-state index contributed by atoms with van der Waals surface area (Å²) < 4.78 is 38.0. The Morgan fingerprint density at radius 2 is 1.80 bits per heavy atom. The molecule has 3 amide bonds. The standard InChI is InChI=1S/C19H22F3N3O5/c1-11(16(27)25-9-5-8-14(25)17(28)29)23-15(26)13(24-18(30)19(20,21)22)10-12-6-3-2-4-7-12/h2-4,6-7,11,13-14H,5,8-10H2,1H3,(H,23,26)(H,24,30)(H,28,29)/t11-,13-,14-/m0/s1. The molecular weight excluding hydrogens is 407 g/mol. The zero-order valence-corrected chi connectivity index (χ0v) is 16.1. The maximum Gasteiger partial charge on any atom is 0.471 e. The Bertz CT molecular complexity index is 800. The number of amides is 3. The summed E-state index contributed by atoms with van der Waals surface area (Å²) in [5.41, 5.74) is 0.504. The summed E-state index contributed by atoms with van der Waals surface area (Å²) in [6.45, 7) is 1.51. The van der Waals surface area contributed by atoms with Crippen LogP contribution < -0.4 is 10.6 Å². The van der Waals surface area contributed by atoms with Gasteiger partial charge in [-0.1, -0.05) is 30.3 Å². The number of benzene rings is 1. The van der Waals surface area contributed by atoms with Crippen LogP contribution >= 0.6 is 0 Å². The van der Waals surface area contributed by atoms with Gasteiger partial charge >= 0.3 is 18.1 Å². The number of carbonyl (C=O) groups is 4. The van der Waals surface area contributed by atoms with Crippen molar-refractivity contribution in [2.75, 3.05) is 6.54 Å². The summed E-state index contributed by atoms with van der Waals surface area (Å²) in [6, 6.07) is 4.32. The Hall–Kier alpha value is -3.11. The summed E-state index contributed by atoms with van der Waals surface area (Å²) in [6.07, 6.45) is -4.64. The van der Waals surface area contributed by atoms with Gasteiger partial charge in [0.2, 0.25) is 11.8 Å². The predicted octanol–water partition coefficient (Wildman–Crippen LogP) is 0.856. The van der Waals surface area contributed by atoms with Crippen molar-refractivity contribution in [1.82, 2.24) is 15.5 Å². The minimum atomic E-state index is -5.18. The van der Waals surface area contributed by atoms with Gasteiger partial charge in [-0.25, -0.2) is 4.79 Å². The molecule has 0 aliphatic carbocycles. The fourth-order valence-electron chi connectivity index (χ4n) is 3.21. The molecule has 30 heavy (non-hydrogen) atoms. The number of nitrogens with one attached hydrogen (secondary N) is 2. The molecule has 3 atom stereocenters. The molecule has 0 radical (unpaired) electrons. The summed E-state index contributed by atoms with van der Waals surface area (Å²) >= 11 is 0. The van der Waals surface area contributed by atoms with E-state index in [0.29, 0.717) is 12.0 Å². The van der Waals surface area contributed by atoms with Gasteiger partial charge in [0.1, 0.15) is 18.1 Å². The largest absolute Gasteiger partial charge is 0.480 e. The molecule has 0 saturated carbocycles. The quantitative estimate of drug-likeness (QED) is 0.595. The van der Waals surface area contributed by atoms with E-state index in [1.807, 2.05) is 0 Å². The van der Waals surface area contributed by atoms with Crippen LogP contribution in [0.4, 0.5) is 13.2 Å². The van der Waals surface area contributed by atoms with Crippen molar-refractivity contribution in [2.24, 2.45) is 0 Å². The van der Waals surface area contributed by atoms with E-state index in [2.05, 4.69) is 5.32 Å². The Balaban J connectivity index is 2.11. The number of hydrogen-bond acceptors (Lipinski definition) is 4. The molecule has 0 unspecified atom stereocenters. The van der Waals surface area contributed by atoms with E-state index in [4.69, 9.17) is 0 Å². The van der Waals surface area contributed by atoms with Gasteiger partial charge in [-0.3, -0.25) is 14.4 Å². The highest BCUT2D eigenvalue weighted by molar-refractivity contribution is 5.94. The summed E-state index contributed by atoms with van der Waals surface area (Å²) in [5.74, 6) is -5.08. The first-order chi connectivity index (χ1) is 14.0. The zero-order valence-electron chi connectivity index (χ0n) is 16.1. The maximum atomic E-state index is 12.7. The topological polar surface area (TPSA) is 116 Å². The van der Waals surface area contributed by atoms with E-state index in [1.165, 1.54) is 6.92 Å². The SMILES string of the molecule is C[C@H](NC(=O)[C@H](Cc1ccccc1)NC(=O)C(F)(F)F)C(=O)N1CCC[C@H]1C(=O)O. The van der Waals surface area contributed by atoms with Gasteiger partial charge in [-0.15, -0.1) is 0 Å². The molecule has 0 aromatic heterocycles. The highest BCUT2D eigenvalue weighted by Gasteiger charge is 2.41. The lowest BCUT2D eigenvalue weighted by Crippen LogP contribution is -2.56. The fourth-order valence-corrected chi connectivity index (χ4v) is 3.21. The highest BCUT2D eigenvalue weighted by Crippen LogP contribution is 2.19. The molecule has 1 aromatic carbocycles. The second-order valence-corrected chi connectivity index (χ2v) is 6.97. The van der Waals surface area contributed by atoms with Crippen LogP contribution in [0.2, 0.25) is 0 Å². The van der Waals surface area contributed by atoms with Crippen LogP contribution in [0.5, 0.6) is 0 Å². The fraction of sp³-hybridized carbons (Fsp3) is 0.474. The molecule has 1 fully saturated rings. The van der Waals surface area contributed by atoms with E-state index in [-0.39, 0.29) is 19.4 Å². The molecule has 2 rings (SSSR count). The van der Waals surface area contributed by atoms with Crippen molar-refractivity contribution < 1.29 is 37.5 Å². The third-order valence-corrected chi connectivity index (χ3v) is 4.71. The van der Waals surface area contributed by atoms with Gasteiger partial charge < -0.3 is 20.6 Å². The molecule has 0 bridgehead atoms. The summed E-state index contributed by atoms with van der Waals surface area (Å²) in [5, 5.41) is 13.1. The normalized spacial score (nSPS) is 18.4. The molecule has 1 aromatic rings. The van der Waals surface area contributed by atoms with Crippen molar-refractivity contribution in [1.29, 1.82) is 0 Å². The number of likely N-dealkylation sites (tertiary alicyclic amines) is 1. The summed E-state index contributed by atoms with van der Waals surface area (Å²) in [4.78, 5) is 48.8. The minimum Gasteiger partial charge on any atom is -0.480 e. The van der Waals surface area contributed by atoms with Crippen molar-refractivity contribution in [3.8, 4) is 0 Å². The molecule has 0 spiro atoms. The Labute approximate surface area is 170 Å². The molecule has 11 heteroatoms. The number of carboxylic acid groups (broad SMARTS) is 1. The Morgan fingerprint density at radius 1 is 1.17 bits per heavy atom. The van der Waals surface area contributed by atoms with Gasteiger partial charge in [0.25, 0.3) is 0 Å². The van der Waals surface area contributed by atoms with Gasteiger partial charge in [0.15, 0.2) is 0 Å². The van der Waals surface area contributed by atoms with Crippen LogP contribution in [0.1, 0.15) is 25.3 Å². The first-order valence-electron chi connectivity index (χ1n) is 9.26. The molecule has 164 valence electrons. The van der Waals surface area contributed by atoms with E-state index in [1.54, 1.807) is 35.6 Å². The molecule has 1 aliphatic rings. The van der Waals surface area contributed by atoms with E-state index in [9.17, 15) is 37.5 Å². The highest BCUT2D eigenvalue weighted by atomic mass is 19.4.